The first-order valence-corrected chi connectivity index (χ1v) is 5.65. The number of esters is 1. The molecule has 0 rings (SSSR count). The van der Waals surface area contributed by atoms with Crippen LogP contribution >= 0.6 is 0 Å². The lowest BCUT2D eigenvalue weighted by Crippen LogP contribution is -2.44. The third-order valence-electron chi connectivity index (χ3n) is 2.32. The Morgan fingerprint density at radius 2 is 2.12 bits per heavy atom. The molecule has 0 aliphatic heterocycles. The van der Waals surface area contributed by atoms with Crippen LogP contribution in [0.2, 0.25) is 0 Å². The van der Waals surface area contributed by atoms with E-state index in [1.165, 1.54) is 18.1 Å². The summed E-state index contributed by atoms with van der Waals surface area (Å²) in [5.74, 6) is -0.675. The highest BCUT2D eigenvalue weighted by molar-refractivity contribution is 5.75. The summed E-state index contributed by atoms with van der Waals surface area (Å²) in [7, 11) is 0. The van der Waals surface area contributed by atoms with Crippen molar-refractivity contribution in [2.45, 2.75) is 46.3 Å². The molecule has 0 aromatic heterocycles. The van der Waals surface area contributed by atoms with Crippen molar-refractivity contribution in [1.29, 1.82) is 0 Å². The molecule has 98 valence electrons. The van der Waals surface area contributed by atoms with E-state index in [2.05, 4.69) is 5.10 Å². The second-order valence-corrected chi connectivity index (χ2v) is 3.61. The maximum Gasteiger partial charge on any atom is 0.320 e. The van der Waals surface area contributed by atoms with Crippen LogP contribution in [-0.2, 0) is 14.3 Å². The van der Waals surface area contributed by atoms with Gasteiger partial charge in [0.15, 0.2) is 0 Å². The second-order valence-electron chi connectivity index (χ2n) is 3.61. The van der Waals surface area contributed by atoms with Crippen molar-refractivity contribution >= 4 is 18.1 Å². The van der Waals surface area contributed by atoms with Gasteiger partial charge in [-0.05, 0) is 20.3 Å². The molecule has 1 amide bonds. The predicted octanol–water partition coefficient (Wildman–Crippen LogP) is 0.510. The summed E-state index contributed by atoms with van der Waals surface area (Å²) in [5, 5.41) is 5.31. The average molecular weight is 243 g/mol. The summed E-state index contributed by atoms with van der Waals surface area (Å²) in [6.07, 6.45) is 1.72. The van der Waals surface area contributed by atoms with Crippen LogP contribution in [0.1, 0.15) is 34.1 Å². The number of nitrogens with two attached hydrogens (primary N) is 1. The molecule has 0 heterocycles. The highest BCUT2D eigenvalue weighted by Crippen LogP contribution is 2.13. The van der Waals surface area contributed by atoms with Crippen molar-refractivity contribution in [3.05, 3.63) is 0 Å². The molecule has 0 aliphatic rings. The van der Waals surface area contributed by atoms with Gasteiger partial charge in [-0.15, -0.1) is 0 Å². The molecule has 0 aliphatic carbocycles. The zero-order chi connectivity index (χ0) is 13.4. The lowest BCUT2D eigenvalue weighted by Gasteiger charge is -2.30. The standard InChI is InChI=1S/C11H21N3O3/c1-5-10(8(3)17-11(16)7-12)14(9(4)15)13-6-2/h6,8,10H,5,7,12H2,1-4H3/b13-6-/t8-,10-/m0/s1. The average Bonchev–Trinajstić information content (AvgIpc) is 2.28. The minimum atomic E-state index is -0.486. The first kappa shape index (κ1) is 15.6. The number of carbonyl (C=O) groups is 2. The molecule has 0 unspecified atom stereocenters. The Bertz CT molecular complexity index is 292. The summed E-state index contributed by atoms with van der Waals surface area (Å²) in [4.78, 5) is 22.5. The van der Waals surface area contributed by atoms with Crippen LogP contribution < -0.4 is 5.73 Å². The molecule has 0 saturated carbocycles. The molecule has 6 heteroatoms. The van der Waals surface area contributed by atoms with Gasteiger partial charge >= 0.3 is 5.97 Å². The Morgan fingerprint density at radius 1 is 1.53 bits per heavy atom. The zero-order valence-electron chi connectivity index (χ0n) is 10.8. The van der Waals surface area contributed by atoms with Crippen molar-refractivity contribution in [1.82, 2.24) is 5.01 Å². The van der Waals surface area contributed by atoms with Crippen LogP contribution in [0.3, 0.4) is 0 Å². The van der Waals surface area contributed by atoms with Crippen LogP contribution in [0.4, 0.5) is 0 Å². The van der Waals surface area contributed by atoms with Gasteiger partial charge in [-0.3, -0.25) is 9.59 Å². The van der Waals surface area contributed by atoms with Crippen molar-refractivity contribution < 1.29 is 14.3 Å². The smallest absolute Gasteiger partial charge is 0.320 e. The van der Waals surface area contributed by atoms with E-state index in [1.54, 1.807) is 13.8 Å². The number of nitrogens with zero attached hydrogens (tertiary/aromatic N) is 2. The molecule has 2 atom stereocenters. The summed E-state index contributed by atoms with van der Waals surface area (Å²) in [5.41, 5.74) is 5.17. The van der Waals surface area contributed by atoms with E-state index in [0.717, 1.165) is 0 Å². The first-order valence-electron chi connectivity index (χ1n) is 5.65. The SMILES string of the molecule is C/C=N\N(C(C)=O)[C@@H](CC)[C@H](C)OC(=O)CN. The van der Waals surface area contributed by atoms with E-state index in [4.69, 9.17) is 10.5 Å². The molecule has 0 spiro atoms. The number of amides is 1. The van der Waals surface area contributed by atoms with Crippen LogP contribution in [0.15, 0.2) is 5.10 Å². The molecular formula is C11H21N3O3. The van der Waals surface area contributed by atoms with E-state index in [9.17, 15) is 9.59 Å². The van der Waals surface area contributed by atoms with Gasteiger partial charge in [0.05, 0.1) is 12.6 Å². The molecule has 0 saturated heterocycles. The second kappa shape index (κ2) is 7.78. The Balaban J connectivity index is 4.77. The minimum absolute atomic E-state index is 0.169. The summed E-state index contributed by atoms with van der Waals surface area (Å²) >= 11 is 0. The van der Waals surface area contributed by atoms with Gasteiger partial charge in [-0.2, -0.15) is 5.10 Å². The molecule has 0 bridgehead atoms. The highest BCUT2D eigenvalue weighted by atomic mass is 16.5. The van der Waals surface area contributed by atoms with E-state index in [1.807, 2.05) is 6.92 Å². The maximum absolute atomic E-state index is 11.4. The van der Waals surface area contributed by atoms with E-state index < -0.39 is 12.1 Å². The number of hydrazone groups is 1. The molecule has 0 fully saturated rings. The number of rotatable bonds is 6. The third-order valence-corrected chi connectivity index (χ3v) is 2.32. The first-order chi connectivity index (χ1) is 7.97. The zero-order valence-corrected chi connectivity index (χ0v) is 10.8. The number of hydrogen-bond acceptors (Lipinski definition) is 5. The normalized spacial score (nSPS) is 14.4. The predicted molar refractivity (Wildman–Crippen MR) is 65.4 cm³/mol. The van der Waals surface area contributed by atoms with Crippen LogP contribution in [0, 0.1) is 0 Å². The fourth-order valence-corrected chi connectivity index (χ4v) is 1.56. The summed E-state index contributed by atoms with van der Waals surface area (Å²) in [6.45, 7) is 6.60. The van der Waals surface area contributed by atoms with Gasteiger partial charge in [0, 0.05) is 13.1 Å². The molecule has 2 N–H and O–H groups in total. The monoisotopic (exact) mass is 243 g/mol. The molecule has 17 heavy (non-hydrogen) atoms. The van der Waals surface area contributed by atoms with Gasteiger partial charge < -0.3 is 10.5 Å². The molecule has 6 nitrogen and oxygen atoms in total. The highest BCUT2D eigenvalue weighted by Gasteiger charge is 2.27. The Morgan fingerprint density at radius 3 is 2.47 bits per heavy atom. The molecule has 0 aromatic rings. The van der Waals surface area contributed by atoms with Crippen molar-refractivity contribution in [3.8, 4) is 0 Å². The lowest BCUT2D eigenvalue weighted by atomic mass is 10.1. The molecule has 0 aromatic carbocycles. The Hall–Kier alpha value is -1.43. The van der Waals surface area contributed by atoms with Gasteiger partial charge in [0.1, 0.15) is 6.10 Å². The number of ether oxygens (including phenoxy) is 1. The van der Waals surface area contributed by atoms with Gasteiger partial charge in [0.2, 0.25) is 5.91 Å². The fraction of sp³-hybridized carbons (Fsp3) is 0.727. The topological polar surface area (TPSA) is 85.0 Å². The minimum Gasteiger partial charge on any atom is -0.459 e. The van der Waals surface area contributed by atoms with E-state index >= 15 is 0 Å². The van der Waals surface area contributed by atoms with Gasteiger partial charge in [-0.1, -0.05) is 6.92 Å². The fourth-order valence-electron chi connectivity index (χ4n) is 1.56. The summed E-state index contributed by atoms with van der Waals surface area (Å²) < 4.78 is 5.10. The lowest BCUT2D eigenvalue weighted by molar-refractivity contribution is -0.153. The van der Waals surface area contributed by atoms with E-state index in [-0.39, 0.29) is 18.5 Å². The van der Waals surface area contributed by atoms with Gasteiger partial charge in [-0.25, -0.2) is 5.01 Å². The summed E-state index contributed by atoms with van der Waals surface area (Å²) in [6, 6.07) is -0.279. The third kappa shape index (κ3) is 4.95. The molecular weight excluding hydrogens is 222 g/mol. The van der Waals surface area contributed by atoms with Crippen molar-refractivity contribution in [2.24, 2.45) is 10.8 Å². The van der Waals surface area contributed by atoms with Crippen molar-refractivity contribution in [3.63, 3.8) is 0 Å². The quantitative estimate of drug-likeness (QED) is 0.418. The largest absolute Gasteiger partial charge is 0.459 e. The van der Waals surface area contributed by atoms with Crippen LogP contribution in [-0.4, -0.2) is 41.8 Å². The maximum atomic E-state index is 11.4. The van der Waals surface area contributed by atoms with E-state index in [0.29, 0.717) is 6.42 Å². The van der Waals surface area contributed by atoms with Crippen LogP contribution in [0.25, 0.3) is 0 Å². The number of carbonyl (C=O) groups excluding carboxylic acids is 2. The Kier molecular flexibility index (Phi) is 7.13. The van der Waals surface area contributed by atoms with Gasteiger partial charge in [0.25, 0.3) is 0 Å². The van der Waals surface area contributed by atoms with Crippen molar-refractivity contribution in [2.75, 3.05) is 6.54 Å². The molecule has 0 radical (unpaired) electrons. The van der Waals surface area contributed by atoms with Crippen LogP contribution in [0.5, 0.6) is 0 Å². The number of hydrogen-bond donors (Lipinski definition) is 1. The Labute approximate surface area is 102 Å².